The van der Waals surface area contributed by atoms with Crippen molar-refractivity contribution >= 4 is 11.7 Å². The molecule has 1 amide bonds. The molecule has 1 N–H and O–H groups in total. The van der Waals surface area contributed by atoms with Crippen LogP contribution in [0.25, 0.3) is 0 Å². The highest BCUT2D eigenvalue weighted by Gasteiger charge is 2.17. The lowest BCUT2D eigenvalue weighted by Gasteiger charge is -2.19. The third-order valence-corrected chi connectivity index (χ3v) is 3.03. The van der Waals surface area contributed by atoms with E-state index in [2.05, 4.69) is 5.32 Å². The summed E-state index contributed by atoms with van der Waals surface area (Å²) in [4.78, 5) is 24.1. The SMILES string of the molecule is CC(C)(C)NC(=O)C[n+]1ccc(C(=O)c2ccccc2)cc1. The van der Waals surface area contributed by atoms with E-state index in [4.69, 9.17) is 0 Å². The van der Waals surface area contributed by atoms with Gasteiger partial charge in [0.2, 0.25) is 6.54 Å². The van der Waals surface area contributed by atoms with Gasteiger partial charge in [0.05, 0.1) is 0 Å². The molecule has 0 atom stereocenters. The number of nitrogens with zero attached hydrogens (tertiary/aromatic N) is 1. The van der Waals surface area contributed by atoms with Crippen LogP contribution in [-0.2, 0) is 11.3 Å². The monoisotopic (exact) mass is 297 g/mol. The Balaban J connectivity index is 2.05. The number of rotatable bonds is 4. The number of ketones is 1. The minimum absolute atomic E-state index is 0.0214. The number of nitrogens with one attached hydrogen (secondary N) is 1. The average Bonchev–Trinajstić information content (AvgIpc) is 2.46. The number of carbonyl (C=O) groups is 2. The highest BCUT2D eigenvalue weighted by atomic mass is 16.2. The smallest absolute Gasteiger partial charge is 0.286 e. The number of hydrogen-bond acceptors (Lipinski definition) is 2. The molecule has 114 valence electrons. The van der Waals surface area contributed by atoms with E-state index in [1.54, 1.807) is 41.2 Å². The van der Waals surface area contributed by atoms with Crippen molar-refractivity contribution in [2.45, 2.75) is 32.9 Å². The molecule has 0 unspecified atom stereocenters. The van der Waals surface area contributed by atoms with Gasteiger partial charge in [0.15, 0.2) is 18.2 Å². The van der Waals surface area contributed by atoms with Gasteiger partial charge in [0.25, 0.3) is 5.91 Å². The Morgan fingerprint density at radius 2 is 1.50 bits per heavy atom. The number of pyridine rings is 1. The number of carbonyl (C=O) groups excluding carboxylic acids is 2. The van der Waals surface area contributed by atoms with Gasteiger partial charge in [-0.1, -0.05) is 30.3 Å². The molecule has 0 fully saturated rings. The van der Waals surface area contributed by atoms with Gasteiger partial charge in [-0.2, -0.15) is 4.57 Å². The number of hydrogen-bond donors (Lipinski definition) is 1. The van der Waals surface area contributed by atoms with Crippen molar-refractivity contribution in [3.8, 4) is 0 Å². The van der Waals surface area contributed by atoms with E-state index in [-0.39, 0.29) is 23.8 Å². The fourth-order valence-electron chi connectivity index (χ4n) is 2.09. The molecule has 2 rings (SSSR count). The normalized spacial score (nSPS) is 11.0. The molecule has 1 aromatic carbocycles. The number of aromatic nitrogens is 1. The van der Waals surface area contributed by atoms with Crippen LogP contribution in [0.15, 0.2) is 54.9 Å². The Hall–Kier alpha value is -2.49. The third-order valence-electron chi connectivity index (χ3n) is 3.03. The zero-order valence-electron chi connectivity index (χ0n) is 13.2. The molecule has 0 aliphatic rings. The van der Waals surface area contributed by atoms with Crippen molar-refractivity contribution in [3.05, 3.63) is 66.0 Å². The van der Waals surface area contributed by atoms with Crippen molar-refractivity contribution in [1.82, 2.24) is 5.32 Å². The lowest BCUT2D eigenvalue weighted by Crippen LogP contribution is -2.48. The van der Waals surface area contributed by atoms with Crippen LogP contribution in [0.4, 0.5) is 0 Å². The van der Waals surface area contributed by atoms with Crippen LogP contribution < -0.4 is 9.88 Å². The van der Waals surface area contributed by atoms with E-state index in [1.165, 1.54) is 0 Å². The molecular formula is C18H21N2O2+. The number of benzene rings is 1. The second-order valence-corrected chi connectivity index (χ2v) is 6.25. The predicted molar refractivity (Wildman–Crippen MR) is 84.4 cm³/mol. The van der Waals surface area contributed by atoms with Gasteiger partial charge in [0.1, 0.15) is 0 Å². The second kappa shape index (κ2) is 6.52. The summed E-state index contributed by atoms with van der Waals surface area (Å²) in [5.74, 6) is -0.0773. The Labute approximate surface area is 130 Å². The Bertz CT molecular complexity index is 656. The van der Waals surface area contributed by atoms with Crippen LogP contribution >= 0.6 is 0 Å². The molecular weight excluding hydrogens is 276 g/mol. The van der Waals surface area contributed by atoms with Crippen LogP contribution in [0.5, 0.6) is 0 Å². The third kappa shape index (κ3) is 4.52. The minimum atomic E-state index is -0.249. The van der Waals surface area contributed by atoms with Crippen LogP contribution in [0, 0.1) is 0 Å². The summed E-state index contributed by atoms with van der Waals surface area (Å²) in [5, 5.41) is 2.90. The van der Waals surface area contributed by atoms with E-state index >= 15 is 0 Å². The zero-order valence-corrected chi connectivity index (χ0v) is 13.2. The molecule has 4 heteroatoms. The van der Waals surface area contributed by atoms with Crippen molar-refractivity contribution in [1.29, 1.82) is 0 Å². The van der Waals surface area contributed by atoms with Crippen LogP contribution in [0.3, 0.4) is 0 Å². The fraction of sp³-hybridized carbons (Fsp3) is 0.278. The Morgan fingerprint density at radius 1 is 0.955 bits per heavy atom. The van der Waals surface area contributed by atoms with Crippen molar-refractivity contribution in [2.75, 3.05) is 0 Å². The van der Waals surface area contributed by atoms with Crippen molar-refractivity contribution in [2.24, 2.45) is 0 Å². The molecule has 0 spiro atoms. The standard InChI is InChI=1S/C18H20N2O2/c1-18(2,3)19-16(21)13-20-11-9-15(10-12-20)17(22)14-7-5-4-6-8-14/h4-12H,13H2,1-3H3/p+1. The molecule has 0 saturated carbocycles. The van der Waals surface area contributed by atoms with Gasteiger partial charge in [-0.15, -0.1) is 0 Å². The topological polar surface area (TPSA) is 50.1 Å². The molecule has 22 heavy (non-hydrogen) atoms. The van der Waals surface area contributed by atoms with Crippen molar-refractivity contribution in [3.63, 3.8) is 0 Å². The van der Waals surface area contributed by atoms with E-state index < -0.39 is 0 Å². The average molecular weight is 297 g/mol. The molecule has 4 nitrogen and oxygen atoms in total. The van der Waals surface area contributed by atoms with Crippen LogP contribution in [-0.4, -0.2) is 17.2 Å². The zero-order chi connectivity index (χ0) is 16.2. The Kier molecular flexibility index (Phi) is 4.71. The highest BCUT2D eigenvalue weighted by Crippen LogP contribution is 2.07. The molecule has 1 heterocycles. The summed E-state index contributed by atoms with van der Waals surface area (Å²) in [6, 6.07) is 12.6. The maximum absolute atomic E-state index is 12.3. The van der Waals surface area contributed by atoms with Gasteiger partial charge >= 0.3 is 0 Å². The summed E-state index contributed by atoms with van der Waals surface area (Å²) in [5.41, 5.74) is 1.02. The van der Waals surface area contributed by atoms with Crippen LogP contribution in [0.1, 0.15) is 36.7 Å². The first-order chi connectivity index (χ1) is 10.3. The molecule has 0 radical (unpaired) electrons. The summed E-state index contributed by atoms with van der Waals surface area (Å²) in [6.45, 7) is 6.06. The van der Waals surface area contributed by atoms with Crippen LogP contribution in [0.2, 0.25) is 0 Å². The molecule has 0 bridgehead atoms. The second-order valence-electron chi connectivity index (χ2n) is 6.25. The van der Waals surface area contributed by atoms with Crippen molar-refractivity contribution < 1.29 is 14.2 Å². The van der Waals surface area contributed by atoms with Gasteiger partial charge in [-0.3, -0.25) is 9.59 Å². The summed E-state index contributed by atoms with van der Waals surface area (Å²) < 4.78 is 1.75. The molecule has 0 aliphatic carbocycles. The predicted octanol–water partition coefficient (Wildman–Crippen LogP) is 2.12. The molecule has 2 aromatic rings. The number of amides is 1. The first-order valence-corrected chi connectivity index (χ1v) is 7.25. The Morgan fingerprint density at radius 3 is 2.05 bits per heavy atom. The molecule has 1 aromatic heterocycles. The quantitative estimate of drug-likeness (QED) is 0.694. The maximum Gasteiger partial charge on any atom is 0.286 e. The van der Waals surface area contributed by atoms with E-state index in [1.807, 2.05) is 39.0 Å². The van der Waals surface area contributed by atoms with Gasteiger partial charge in [-0.05, 0) is 20.8 Å². The highest BCUT2D eigenvalue weighted by molar-refractivity contribution is 6.08. The van der Waals surface area contributed by atoms with Gasteiger partial charge < -0.3 is 5.32 Å². The lowest BCUT2D eigenvalue weighted by atomic mass is 10.0. The van der Waals surface area contributed by atoms with E-state index in [9.17, 15) is 9.59 Å². The summed E-state index contributed by atoms with van der Waals surface area (Å²) in [6.07, 6.45) is 3.50. The fourth-order valence-corrected chi connectivity index (χ4v) is 2.09. The maximum atomic E-state index is 12.3. The largest absolute Gasteiger partial charge is 0.346 e. The first kappa shape index (κ1) is 15.9. The van der Waals surface area contributed by atoms with Gasteiger partial charge in [-0.25, -0.2) is 0 Å². The van der Waals surface area contributed by atoms with Gasteiger partial charge in [0, 0.05) is 28.8 Å². The minimum Gasteiger partial charge on any atom is -0.346 e. The summed E-state index contributed by atoms with van der Waals surface area (Å²) in [7, 11) is 0. The summed E-state index contributed by atoms with van der Waals surface area (Å²) >= 11 is 0. The molecule has 0 saturated heterocycles. The van der Waals surface area contributed by atoms with E-state index in [0.717, 1.165) is 0 Å². The lowest BCUT2D eigenvalue weighted by molar-refractivity contribution is -0.684. The van der Waals surface area contributed by atoms with E-state index in [0.29, 0.717) is 11.1 Å². The first-order valence-electron chi connectivity index (χ1n) is 7.25. The molecule has 0 aliphatic heterocycles.